The molecular formula is C11H19NO5. The Kier molecular flexibility index (Phi) is 5.37. The summed E-state index contributed by atoms with van der Waals surface area (Å²) in [4.78, 5) is 22.6. The van der Waals surface area contributed by atoms with Crippen LogP contribution in [0.5, 0.6) is 0 Å². The molecule has 1 aliphatic rings. The molecule has 3 atom stereocenters. The zero-order valence-electron chi connectivity index (χ0n) is 10.1. The minimum Gasteiger partial charge on any atom is -0.480 e. The number of rotatable bonds is 6. The molecule has 1 saturated heterocycles. The predicted octanol–water partition coefficient (Wildman–Crippen LogP) is 0.160. The van der Waals surface area contributed by atoms with Crippen LogP contribution >= 0.6 is 0 Å². The van der Waals surface area contributed by atoms with Crippen LogP contribution in [0.4, 0.5) is 0 Å². The highest BCUT2D eigenvalue weighted by molar-refractivity contribution is 5.86. The van der Waals surface area contributed by atoms with Crippen LogP contribution in [0.3, 0.4) is 0 Å². The first-order chi connectivity index (χ1) is 8.04. The van der Waals surface area contributed by atoms with E-state index in [-0.39, 0.29) is 18.4 Å². The lowest BCUT2D eigenvalue weighted by molar-refractivity contribution is -0.144. The van der Waals surface area contributed by atoms with Crippen LogP contribution in [0, 0.1) is 0 Å². The van der Waals surface area contributed by atoms with Gasteiger partial charge in [0.15, 0.2) is 0 Å². The number of hydrogen-bond donors (Lipinski definition) is 2. The molecule has 0 aromatic heterocycles. The molecule has 0 unspecified atom stereocenters. The first-order valence-corrected chi connectivity index (χ1v) is 5.72. The Bertz CT molecular complexity index is 281. The number of carboxylic acids is 1. The van der Waals surface area contributed by atoms with Crippen molar-refractivity contribution in [2.45, 2.75) is 44.4 Å². The van der Waals surface area contributed by atoms with E-state index >= 15 is 0 Å². The van der Waals surface area contributed by atoms with E-state index < -0.39 is 18.1 Å². The van der Waals surface area contributed by atoms with E-state index in [0.29, 0.717) is 13.0 Å². The van der Waals surface area contributed by atoms with Gasteiger partial charge in [-0.1, -0.05) is 0 Å². The molecule has 1 fully saturated rings. The third-order valence-electron chi connectivity index (χ3n) is 2.75. The monoisotopic (exact) mass is 245 g/mol. The zero-order chi connectivity index (χ0) is 12.8. The number of ether oxygens (including phenoxy) is 2. The number of hydrogen-bond acceptors (Lipinski definition) is 4. The number of aliphatic carboxylic acids is 1. The molecule has 2 N–H and O–H groups in total. The van der Waals surface area contributed by atoms with Crippen LogP contribution in [-0.4, -0.2) is 48.9 Å². The van der Waals surface area contributed by atoms with Crippen LogP contribution in [0.1, 0.15) is 26.2 Å². The minimum atomic E-state index is -1.05. The Labute approximate surface area is 100 Å². The average Bonchev–Trinajstić information content (AvgIpc) is 2.70. The SMILES string of the molecule is COCC[C@H](NC(=O)[C@H]1CC[C@@H](C)O1)C(=O)O. The van der Waals surface area contributed by atoms with Crippen molar-refractivity contribution in [3.05, 3.63) is 0 Å². The molecule has 1 aliphatic heterocycles. The first-order valence-electron chi connectivity index (χ1n) is 5.72. The zero-order valence-corrected chi connectivity index (χ0v) is 10.1. The van der Waals surface area contributed by atoms with Gasteiger partial charge in [0.1, 0.15) is 12.1 Å². The molecule has 0 aromatic carbocycles. The van der Waals surface area contributed by atoms with Crippen LogP contribution in [0.25, 0.3) is 0 Å². The Morgan fingerprint density at radius 1 is 1.53 bits per heavy atom. The molecule has 1 amide bonds. The van der Waals surface area contributed by atoms with Crippen molar-refractivity contribution >= 4 is 11.9 Å². The standard InChI is InChI=1S/C11H19NO5/c1-7-3-4-9(17-7)10(13)12-8(11(14)15)5-6-16-2/h7-9H,3-6H2,1-2H3,(H,12,13)(H,14,15)/t7-,8+,9-/m1/s1. The predicted molar refractivity (Wildman–Crippen MR) is 59.6 cm³/mol. The van der Waals surface area contributed by atoms with Gasteiger partial charge >= 0.3 is 5.97 Å². The van der Waals surface area contributed by atoms with E-state index in [2.05, 4.69) is 5.32 Å². The lowest BCUT2D eigenvalue weighted by Gasteiger charge is -2.17. The van der Waals surface area contributed by atoms with Gasteiger partial charge in [-0.25, -0.2) is 4.79 Å². The highest BCUT2D eigenvalue weighted by Gasteiger charge is 2.30. The van der Waals surface area contributed by atoms with Gasteiger partial charge in [-0.15, -0.1) is 0 Å². The highest BCUT2D eigenvalue weighted by atomic mass is 16.5. The van der Waals surface area contributed by atoms with Gasteiger partial charge < -0.3 is 19.9 Å². The number of carbonyl (C=O) groups is 2. The lowest BCUT2D eigenvalue weighted by Crippen LogP contribution is -2.46. The molecule has 0 bridgehead atoms. The Morgan fingerprint density at radius 2 is 2.24 bits per heavy atom. The fourth-order valence-electron chi connectivity index (χ4n) is 1.75. The van der Waals surface area contributed by atoms with E-state index in [1.807, 2.05) is 6.92 Å². The average molecular weight is 245 g/mol. The Morgan fingerprint density at radius 3 is 2.71 bits per heavy atom. The number of carboxylic acid groups (broad SMARTS) is 1. The van der Waals surface area contributed by atoms with Gasteiger partial charge in [0.05, 0.1) is 6.10 Å². The van der Waals surface area contributed by atoms with Crippen molar-refractivity contribution in [1.29, 1.82) is 0 Å². The summed E-state index contributed by atoms with van der Waals surface area (Å²) in [5.74, 6) is -1.40. The van der Waals surface area contributed by atoms with Crippen molar-refractivity contribution in [2.24, 2.45) is 0 Å². The summed E-state index contributed by atoms with van der Waals surface area (Å²) in [6.07, 6.45) is 1.26. The molecule has 6 nitrogen and oxygen atoms in total. The maximum absolute atomic E-state index is 11.7. The van der Waals surface area contributed by atoms with E-state index in [1.54, 1.807) is 0 Å². The fraction of sp³-hybridized carbons (Fsp3) is 0.818. The minimum absolute atomic E-state index is 0.0630. The molecular weight excluding hydrogens is 226 g/mol. The number of nitrogens with one attached hydrogen (secondary N) is 1. The maximum Gasteiger partial charge on any atom is 0.326 e. The summed E-state index contributed by atoms with van der Waals surface area (Å²) in [6, 6.07) is -0.915. The summed E-state index contributed by atoms with van der Waals surface area (Å²) in [7, 11) is 1.49. The second kappa shape index (κ2) is 6.56. The maximum atomic E-state index is 11.7. The Balaban J connectivity index is 2.43. The van der Waals surface area contributed by atoms with Crippen molar-refractivity contribution in [1.82, 2.24) is 5.32 Å². The number of methoxy groups -OCH3 is 1. The number of amides is 1. The molecule has 98 valence electrons. The third kappa shape index (κ3) is 4.32. The molecule has 0 aromatic rings. The highest BCUT2D eigenvalue weighted by Crippen LogP contribution is 2.19. The fourth-order valence-corrected chi connectivity index (χ4v) is 1.75. The van der Waals surface area contributed by atoms with Gasteiger partial charge in [0.2, 0.25) is 5.91 Å². The summed E-state index contributed by atoms with van der Waals surface area (Å²) >= 11 is 0. The van der Waals surface area contributed by atoms with E-state index in [4.69, 9.17) is 14.6 Å². The summed E-state index contributed by atoms with van der Waals surface area (Å²) in [5.41, 5.74) is 0. The smallest absolute Gasteiger partial charge is 0.326 e. The lowest BCUT2D eigenvalue weighted by atomic mass is 10.1. The number of carbonyl (C=O) groups excluding carboxylic acids is 1. The van der Waals surface area contributed by atoms with Crippen molar-refractivity contribution < 1.29 is 24.2 Å². The molecule has 1 heterocycles. The summed E-state index contributed by atoms with van der Waals surface area (Å²) < 4.78 is 10.2. The van der Waals surface area contributed by atoms with E-state index in [1.165, 1.54) is 7.11 Å². The quantitative estimate of drug-likeness (QED) is 0.696. The molecule has 0 aliphatic carbocycles. The van der Waals surface area contributed by atoms with Crippen molar-refractivity contribution in [3.63, 3.8) is 0 Å². The summed E-state index contributed by atoms with van der Waals surface area (Å²) in [5, 5.41) is 11.4. The van der Waals surface area contributed by atoms with Gasteiger partial charge in [-0.05, 0) is 19.8 Å². The molecule has 6 heteroatoms. The van der Waals surface area contributed by atoms with E-state index in [0.717, 1.165) is 6.42 Å². The summed E-state index contributed by atoms with van der Waals surface area (Å²) in [6.45, 7) is 2.19. The third-order valence-corrected chi connectivity index (χ3v) is 2.75. The molecule has 0 saturated carbocycles. The van der Waals surface area contributed by atoms with Gasteiger partial charge in [0, 0.05) is 20.1 Å². The van der Waals surface area contributed by atoms with Crippen LogP contribution < -0.4 is 5.32 Å². The van der Waals surface area contributed by atoms with Crippen LogP contribution in [0.15, 0.2) is 0 Å². The van der Waals surface area contributed by atoms with Gasteiger partial charge in [0.25, 0.3) is 0 Å². The molecule has 1 rings (SSSR count). The second-order valence-corrected chi connectivity index (χ2v) is 4.19. The second-order valence-electron chi connectivity index (χ2n) is 4.19. The van der Waals surface area contributed by atoms with Gasteiger partial charge in [-0.2, -0.15) is 0 Å². The van der Waals surface area contributed by atoms with E-state index in [9.17, 15) is 9.59 Å². The first kappa shape index (κ1) is 13.9. The Hall–Kier alpha value is -1.14. The molecule has 0 radical (unpaired) electrons. The van der Waals surface area contributed by atoms with Gasteiger partial charge in [-0.3, -0.25) is 4.79 Å². The normalized spacial score (nSPS) is 25.5. The van der Waals surface area contributed by atoms with Crippen molar-refractivity contribution in [3.8, 4) is 0 Å². The molecule has 0 spiro atoms. The topological polar surface area (TPSA) is 84.9 Å². The largest absolute Gasteiger partial charge is 0.480 e. The van der Waals surface area contributed by atoms with Crippen LogP contribution in [-0.2, 0) is 19.1 Å². The van der Waals surface area contributed by atoms with Crippen molar-refractivity contribution in [2.75, 3.05) is 13.7 Å². The molecule has 17 heavy (non-hydrogen) atoms. The van der Waals surface area contributed by atoms with Crippen LogP contribution in [0.2, 0.25) is 0 Å².